The van der Waals surface area contributed by atoms with Crippen LogP contribution in [0, 0.1) is 5.82 Å². The van der Waals surface area contributed by atoms with Crippen molar-refractivity contribution in [3.05, 3.63) is 30.1 Å². The van der Waals surface area contributed by atoms with E-state index in [4.69, 9.17) is 10.8 Å². The second kappa shape index (κ2) is 6.45. The zero-order valence-corrected chi connectivity index (χ0v) is 9.56. The predicted molar refractivity (Wildman–Crippen MR) is 64.0 cm³/mol. The van der Waals surface area contributed by atoms with E-state index < -0.39 is 0 Å². The van der Waals surface area contributed by atoms with Crippen molar-refractivity contribution in [2.75, 3.05) is 24.6 Å². The molecule has 0 aromatic heterocycles. The maximum atomic E-state index is 12.8. The van der Waals surface area contributed by atoms with Crippen LogP contribution in [0.1, 0.15) is 13.3 Å². The molecule has 3 nitrogen and oxygen atoms in total. The molecule has 4 heteroatoms. The lowest BCUT2D eigenvalue weighted by Gasteiger charge is -2.24. The van der Waals surface area contributed by atoms with E-state index in [1.165, 1.54) is 12.1 Å². The lowest BCUT2D eigenvalue weighted by Crippen LogP contribution is -2.32. The summed E-state index contributed by atoms with van der Waals surface area (Å²) in [6, 6.07) is 6.22. The standard InChI is InChI=1S/C12H19FN2O/c1-2-15(8-7-11(14)9-16)12-5-3-10(13)4-6-12/h3-6,11,16H,2,7-9,14H2,1H3. The van der Waals surface area contributed by atoms with Crippen LogP contribution in [0.15, 0.2) is 24.3 Å². The van der Waals surface area contributed by atoms with Crippen molar-refractivity contribution in [2.24, 2.45) is 5.73 Å². The Hall–Kier alpha value is -1.13. The number of hydrogen-bond donors (Lipinski definition) is 2. The zero-order valence-electron chi connectivity index (χ0n) is 9.56. The summed E-state index contributed by atoms with van der Waals surface area (Å²) in [5, 5.41) is 8.83. The highest BCUT2D eigenvalue weighted by Crippen LogP contribution is 2.14. The second-order valence-electron chi connectivity index (χ2n) is 3.79. The van der Waals surface area contributed by atoms with E-state index in [0.29, 0.717) is 0 Å². The van der Waals surface area contributed by atoms with Crippen LogP contribution in [0.25, 0.3) is 0 Å². The Balaban J connectivity index is 2.57. The minimum atomic E-state index is -0.230. The molecule has 0 radical (unpaired) electrons. The van der Waals surface area contributed by atoms with Gasteiger partial charge >= 0.3 is 0 Å². The molecule has 90 valence electrons. The molecule has 0 aliphatic heterocycles. The monoisotopic (exact) mass is 226 g/mol. The summed E-state index contributed by atoms with van der Waals surface area (Å²) in [6.07, 6.45) is 0.724. The van der Waals surface area contributed by atoms with E-state index in [1.54, 1.807) is 12.1 Å². The molecule has 0 saturated heterocycles. The third-order valence-electron chi connectivity index (χ3n) is 2.58. The van der Waals surface area contributed by atoms with Crippen molar-refractivity contribution >= 4 is 5.69 Å². The number of benzene rings is 1. The second-order valence-corrected chi connectivity index (χ2v) is 3.79. The molecule has 0 amide bonds. The Morgan fingerprint density at radius 2 is 2.00 bits per heavy atom. The number of aliphatic hydroxyl groups is 1. The molecular formula is C12H19FN2O. The predicted octanol–water partition coefficient (Wildman–Crippen LogP) is 1.36. The number of aliphatic hydroxyl groups excluding tert-OH is 1. The molecule has 0 saturated carbocycles. The van der Waals surface area contributed by atoms with Gasteiger partial charge in [0, 0.05) is 24.8 Å². The molecule has 0 fully saturated rings. The molecule has 3 N–H and O–H groups in total. The summed E-state index contributed by atoms with van der Waals surface area (Å²) in [5.41, 5.74) is 6.62. The molecule has 1 unspecified atom stereocenters. The van der Waals surface area contributed by atoms with E-state index in [0.717, 1.165) is 25.2 Å². The molecule has 0 bridgehead atoms. The summed E-state index contributed by atoms with van der Waals surface area (Å²) in [7, 11) is 0. The number of halogens is 1. The normalized spacial score (nSPS) is 12.5. The van der Waals surface area contributed by atoms with Crippen LogP contribution in [-0.4, -0.2) is 30.8 Å². The average Bonchev–Trinajstić information content (AvgIpc) is 2.31. The lowest BCUT2D eigenvalue weighted by molar-refractivity contribution is 0.261. The quantitative estimate of drug-likeness (QED) is 0.770. The van der Waals surface area contributed by atoms with Crippen LogP contribution in [0.4, 0.5) is 10.1 Å². The van der Waals surface area contributed by atoms with Gasteiger partial charge in [0.1, 0.15) is 5.82 Å². The molecule has 0 heterocycles. The van der Waals surface area contributed by atoms with Crippen LogP contribution in [0.5, 0.6) is 0 Å². The van der Waals surface area contributed by atoms with Crippen LogP contribution >= 0.6 is 0 Å². The van der Waals surface area contributed by atoms with Gasteiger partial charge < -0.3 is 15.7 Å². The molecule has 16 heavy (non-hydrogen) atoms. The number of anilines is 1. The Labute approximate surface area is 95.7 Å². The van der Waals surface area contributed by atoms with Gasteiger partial charge in [0.2, 0.25) is 0 Å². The highest BCUT2D eigenvalue weighted by atomic mass is 19.1. The molecule has 0 spiro atoms. The fraction of sp³-hybridized carbons (Fsp3) is 0.500. The van der Waals surface area contributed by atoms with E-state index >= 15 is 0 Å². The Morgan fingerprint density at radius 1 is 1.38 bits per heavy atom. The number of nitrogens with zero attached hydrogens (tertiary/aromatic N) is 1. The van der Waals surface area contributed by atoms with Crippen molar-refractivity contribution in [3.8, 4) is 0 Å². The molecular weight excluding hydrogens is 207 g/mol. The van der Waals surface area contributed by atoms with Crippen molar-refractivity contribution in [1.82, 2.24) is 0 Å². The first-order valence-corrected chi connectivity index (χ1v) is 5.54. The number of rotatable bonds is 6. The maximum Gasteiger partial charge on any atom is 0.123 e. The first kappa shape index (κ1) is 12.9. The third kappa shape index (κ3) is 3.79. The van der Waals surface area contributed by atoms with Gasteiger partial charge in [-0.1, -0.05) is 0 Å². The van der Waals surface area contributed by atoms with Gasteiger partial charge in [-0.2, -0.15) is 0 Å². The van der Waals surface area contributed by atoms with Gasteiger partial charge in [0.15, 0.2) is 0 Å². The van der Waals surface area contributed by atoms with Gasteiger partial charge in [0.05, 0.1) is 6.61 Å². The van der Waals surface area contributed by atoms with Crippen molar-refractivity contribution in [3.63, 3.8) is 0 Å². The van der Waals surface area contributed by atoms with Crippen molar-refractivity contribution in [1.29, 1.82) is 0 Å². The number of hydrogen-bond acceptors (Lipinski definition) is 3. The first-order chi connectivity index (χ1) is 7.67. The number of nitrogens with two attached hydrogens (primary N) is 1. The third-order valence-corrected chi connectivity index (χ3v) is 2.58. The molecule has 1 aromatic rings. The summed E-state index contributed by atoms with van der Waals surface area (Å²) in [6.45, 7) is 3.64. The molecule has 0 aliphatic rings. The highest BCUT2D eigenvalue weighted by Gasteiger charge is 2.07. The summed E-state index contributed by atoms with van der Waals surface area (Å²) < 4.78 is 12.8. The van der Waals surface area contributed by atoms with E-state index in [1.807, 2.05) is 6.92 Å². The van der Waals surface area contributed by atoms with Crippen LogP contribution in [0.2, 0.25) is 0 Å². The highest BCUT2D eigenvalue weighted by molar-refractivity contribution is 5.45. The van der Waals surface area contributed by atoms with Gasteiger partial charge in [-0.05, 0) is 37.6 Å². The smallest absolute Gasteiger partial charge is 0.123 e. The van der Waals surface area contributed by atoms with Crippen molar-refractivity contribution in [2.45, 2.75) is 19.4 Å². The van der Waals surface area contributed by atoms with Crippen LogP contribution < -0.4 is 10.6 Å². The SMILES string of the molecule is CCN(CCC(N)CO)c1ccc(F)cc1. The summed E-state index contributed by atoms with van der Waals surface area (Å²) in [5.74, 6) is -0.230. The Bertz CT molecular complexity index is 302. The lowest BCUT2D eigenvalue weighted by atomic mass is 10.2. The molecule has 1 aromatic carbocycles. The first-order valence-electron chi connectivity index (χ1n) is 5.54. The molecule has 1 rings (SSSR count). The Morgan fingerprint density at radius 3 is 2.50 bits per heavy atom. The van der Waals surface area contributed by atoms with Gasteiger partial charge in [-0.3, -0.25) is 0 Å². The molecule has 0 aliphatic carbocycles. The van der Waals surface area contributed by atoms with E-state index in [9.17, 15) is 4.39 Å². The van der Waals surface area contributed by atoms with Crippen LogP contribution in [-0.2, 0) is 0 Å². The molecule has 1 atom stereocenters. The zero-order chi connectivity index (χ0) is 12.0. The van der Waals surface area contributed by atoms with E-state index in [-0.39, 0.29) is 18.5 Å². The summed E-state index contributed by atoms with van der Waals surface area (Å²) in [4.78, 5) is 2.11. The van der Waals surface area contributed by atoms with Crippen molar-refractivity contribution < 1.29 is 9.50 Å². The Kier molecular flexibility index (Phi) is 5.22. The largest absolute Gasteiger partial charge is 0.395 e. The minimum Gasteiger partial charge on any atom is -0.395 e. The van der Waals surface area contributed by atoms with Gasteiger partial charge in [0.25, 0.3) is 0 Å². The summed E-state index contributed by atoms with van der Waals surface area (Å²) >= 11 is 0. The fourth-order valence-electron chi connectivity index (χ4n) is 1.53. The van der Waals surface area contributed by atoms with Crippen LogP contribution in [0.3, 0.4) is 0 Å². The van der Waals surface area contributed by atoms with E-state index in [2.05, 4.69) is 4.90 Å². The topological polar surface area (TPSA) is 49.5 Å². The average molecular weight is 226 g/mol. The van der Waals surface area contributed by atoms with Gasteiger partial charge in [-0.15, -0.1) is 0 Å². The fourth-order valence-corrected chi connectivity index (χ4v) is 1.53. The maximum absolute atomic E-state index is 12.8. The van der Waals surface area contributed by atoms with Gasteiger partial charge in [-0.25, -0.2) is 4.39 Å². The minimum absolute atomic E-state index is 0.000964.